The molecule has 0 saturated heterocycles. The van der Waals surface area contributed by atoms with Gasteiger partial charge in [-0.1, -0.05) is 19.7 Å². The van der Waals surface area contributed by atoms with Crippen molar-refractivity contribution in [3.8, 4) is 0 Å². The molecule has 0 fully saturated rings. The van der Waals surface area contributed by atoms with Crippen molar-refractivity contribution < 1.29 is 33.3 Å². The number of hydrogen-bond acceptors (Lipinski definition) is 7. The van der Waals surface area contributed by atoms with Crippen LogP contribution in [0.5, 0.6) is 0 Å². The molecule has 8 nitrogen and oxygen atoms in total. The summed E-state index contributed by atoms with van der Waals surface area (Å²) in [7, 11) is 0. The number of rotatable bonds is 13. The predicted molar refractivity (Wildman–Crippen MR) is 95.2 cm³/mol. The van der Waals surface area contributed by atoms with Crippen molar-refractivity contribution >= 4 is 18.0 Å². The van der Waals surface area contributed by atoms with Gasteiger partial charge in [0.25, 0.3) is 0 Å². The van der Waals surface area contributed by atoms with Crippen LogP contribution in [0.3, 0.4) is 0 Å². The van der Waals surface area contributed by atoms with Gasteiger partial charge in [0.05, 0.1) is 0 Å². The number of alkyl carbamates (subject to hydrolysis) is 1. The van der Waals surface area contributed by atoms with Crippen molar-refractivity contribution in [2.75, 3.05) is 33.0 Å². The predicted octanol–water partition coefficient (Wildman–Crippen LogP) is 2.26. The Labute approximate surface area is 153 Å². The van der Waals surface area contributed by atoms with Crippen LogP contribution in [-0.2, 0) is 28.5 Å². The molecule has 0 atom stereocenters. The van der Waals surface area contributed by atoms with Crippen molar-refractivity contribution in [2.24, 2.45) is 0 Å². The maximum Gasteiger partial charge on any atom is 0.407 e. The second kappa shape index (κ2) is 13.5. The van der Waals surface area contributed by atoms with Crippen LogP contribution in [0.2, 0.25) is 0 Å². The summed E-state index contributed by atoms with van der Waals surface area (Å²) in [6.45, 7) is 14.5. The van der Waals surface area contributed by atoms with Gasteiger partial charge in [-0.2, -0.15) is 0 Å². The molecule has 26 heavy (non-hydrogen) atoms. The molecule has 0 aromatic carbocycles. The lowest BCUT2D eigenvalue weighted by Gasteiger charge is -2.10. The Hall–Kier alpha value is -2.77. The molecule has 0 spiro atoms. The maximum absolute atomic E-state index is 11.4. The molecule has 0 rings (SSSR count). The third-order valence-corrected chi connectivity index (χ3v) is 2.82. The molecular formula is C18H27NO7. The fourth-order valence-electron chi connectivity index (χ4n) is 1.38. The first kappa shape index (κ1) is 23.2. The van der Waals surface area contributed by atoms with E-state index < -0.39 is 18.0 Å². The minimum absolute atomic E-state index is 0.0250. The van der Waals surface area contributed by atoms with Gasteiger partial charge in [-0.15, -0.1) is 0 Å². The summed E-state index contributed by atoms with van der Waals surface area (Å²) in [5, 5.41) is 2.50. The van der Waals surface area contributed by atoms with Crippen LogP contribution in [0.15, 0.2) is 36.6 Å². The molecule has 0 radical (unpaired) electrons. The number of allylic oxidation sites excluding steroid dienone is 1. The Bertz CT molecular complexity index is 492. The molecule has 146 valence electrons. The molecule has 0 unspecified atom stereocenters. The maximum atomic E-state index is 11.4. The smallest absolute Gasteiger partial charge is 0.407 e. The van der Waals surface area contributed by atoms with Gasteiger partial charge in [0.2, 0.25) is 0 Å². The SMILES string of the molecule is C=C(C)C(=C)OCCOC(=O)NCCCC(=O)OCCOC(=O)C(=C)C. The largest absolute Gasteiger partial charge is 0.490 e. The Morgan fingerprint density at radius 2 is 1.38 bits per heavy atom. The zero-order valence-electron chi connectivity index (χ0n) is 15.4. The van der Waals surface area contributed by atoms with E-state index in [1.54, 1.807) is 6.92 Å². The standard InChI is InChI=1S/C18H27NO7/c1-13(2)15(5)23-9-12-26-18(22)19-8-6-7-16(20)24-10-11-25-17(21)14(3)4/h1,3,5-12H2,2,4H3,(H,19,22). The lowest BCUT2D eigenvalue weighted by molar-refractivity contribution is -0.150. The van der Waals surface area contributed by atoms with E-state index in [9.17, 15) is 14.4 Å². The van der Waals surface area contributed by atoms with Crippen molar-refractivity contribution in [3.63, 3.8) is 0 Å². The number of carbonyl (C=O) groups excluding carboxylic acids is 3. The van der Waals surface area contributed by atoms with E-state index in [1.807, 2.05) is 0 Å². The van der Waals surface area contributed by atoms with Crippen LogP contribution in [0.1, 0.15) is 26.7 Å². The summed E-state index contributed by atoms with van der Waals surface area (Å²) in [5.74, 6) is -0.529. The summed E-state index contributed by atoms with van der Waals surface area (Å²) >= 11 is 0. The van der Waals surface area contributed by atoms with Crippen LogP contribution < -0.4 is 5.32 Å². The van der Waals surface area contributed by atoms with Crippen molar-refractivity contribution in [1.29, 1.82) is 0 Å². The molecule has 0 heterocycles. The molecule has 8 heteroatoms. The first-order valence-electron chi connectivity index (χ1n) is 8.10. The van der Waals surface area contributed by atoms with E-state index in [0.717, 1.165) is 0 Å². The average molecular weight is 369 g/mol. The van der Waals surface area contributed by atoms with Gasteiger partial charge < -0.3 is 24.3 Å². The highest BCUT2D eigenvalue weighted by atomic mass is 16.6. The molecule has 0 aliphatic heterocycles. The van der Waals surface area contributed by atoms with Crippen molar-refractivity contribution in [1.82, 2.24) is 5.32 Å². The number of hydrogen-bond donors (Lipinski definition) is 1. The first-order chi connectivity index (χ1) is 12.2. The minimum atomic E-state index is -0.602. The van der Waals surface area contributed by atoms with Crippen LogP contribution in [0.25, 0.3) is 0 Å². The Kier molecular flexibility index (Phi) is 12.1. The van der Waals surface area contributed by atoms with Crippen LogP contribution in [0, 0.1) is 0 Å². The van der Waals surface area contributed by atoms with Crippen LogP contribution >= 0.6 is 0 Å². The number of esters is 2. The monoisotopic (exact) mass is 369 g/mol. The molecular weight excluding hydrogens is 342 g/mol. The van der Waals surface area contributed by atoms with E-state index >= 15 is 0 Å². The van der Waals surface area contributed by atoms with E-state index in [1.165, 1.54) is 6.92 Å². The van der Waals surface area contributed by atoms with E-state index in [4.69, 9.17) is 18.9 Å². The molecule has 0 aliphatic rings. The lowest BCUT2D eigenvalue weighted by atomic mass is 10.3. The highest BCUT2D eigenvalue weighted by molar-refractivity contribution is 5.86. The second-order valence-corrected chi connectivity index (χ2v) is 5.35. The van der Waals surface area contributed by atoms with E-state index in [2.05, 4.69) is 25.1 Å². The van der Waals surface area contributed by atoms with Crippen LogP contribution in [0.4, 0.5) is 4.79 Å². The summed E-state index contributed by atoms with van der Waals surface area (Å²) < 4.78 is 19.7. The summed E-state index contributed by atoms with van der Waals surface area (Å²) in [4.78, 5) is 33.9. The topological polar surface area (TPSA) is 100 Å². The second-order valence-electron chi connectivity index (χ2n) is 5.35. The average Bonchev–Trinajstić information content (AvgIpc) is 2.58. The van der Waals surface area contributed by atoms with Gasteiger partial charge in [-0.05, 0) is 25.8 Å². The molecule has 0 aromatic heterocycles. The highest BCUT2D eigenvalue weighted by Gasteiger charge is 2.07. The Morgan fingerprint density at radius 3 is 2.00 bits per heavy atom. The molecule has 0 aromatic rings. The minimum Gasteiger partial charge on any atom is -0.490 e. The fourth-order valence-corrected chi connectivity index (χ4v) is 1.38. The first-order valence-corrected chi connectivity index (χ1v) is 8.10. The number of carbonyl (C=O) groups is 3. The Balaban J connectivity index is 3.57. The number of amides is 1. The molecule has 0 saturated carbocycles. The van der Waals surface area contributed by atoms with Gasteiger partial charge in [0.15, 0.2) is 0 Å². The zero-order chi connectivity index (χ0) is 19.9. The van der Waals surface area contributed by atoms with Gasteiger partial charge >= 0.3 is 18.0 Å². The molecule has 0 aliphatic carbocycles. The molecule has 1 N–H and O–H groups in total. The van der Waals surface area contributed by atoms with Gasteiger partial charge in [-0.3, -0.25) is 4.79 Å². The third-order valence-electron chi connectivity index (χ3n) is 2.82. The van der Waals surface area contributed by atoms with Crippen LogP contribution in [-0.4, -0.2) is 51.0 Å². The molecule has 1 amide bonds. The normalized spacial score (nSPS) is 9.62. The van der Waals surface area contributed by atoms with E-state index in [0.29, 0.717) is 17.8 Å². The zero-order valence-corrected chi connectivity index (χ0v) is 15.4. The van der Waals surface area contributed by atoms with E-state index in [-0.39, 0.29) is 45.0 Å². The van der Waals surface area contributed by atoms with Gasteiger partial charge in [0, 0.05) is 18.5 Å². The highest BCUT2D eigenvalue weighted by Crippen LogP contribution is 2.04. The third kappa shape index (κ3) is 12.6. The fraction of sp³-hybridized carbons (Fsp3) is 0.500. The number of ether oxygens (including phenoxy) is 4. The quantitative estimate of drug-likeness (QED) is 0.133. The summed E-state index contributed by atoms with van der Waals surface area (Å²) in [6, 6.07) is 0. The number of nitrogens with one attached hydrogen (secondary N) is 1. The Morgan fingerprint density at radius 1 is 0.808 bits per heavy atom. The van der Waals surface area contributed by atoms with Gasteiger partial charge in [-0.25, -0.2) is 9.59 Å². The van der Waals surface area contributed by atoms with Crippen molar-refractivity contribution in [3.05, 3.63) is 36.6 Å². The van der Waals surface area contributed by atoms with Gasteiger partial charge in [0.1, 0.15) is 32.2 Å². The lowest BCUT2D eigenvalue weighted by Crippen LogP contribution is -2.27. The van der Waals surface area contributed by atoms with Crippen molar-refractivity contribution in [2.45, 2.75) is 26.7 Å². The molecule has 0 bridgehead atoms. The summed E-state index contributed by atoms with van der Waals surface area (Å²) in [5.41, 5.74) is 0.983. The summed E-state index contributed by atoms with van der Waals surface area (Å²) in [6.07, 6.45) is -0.0896.